The summed E-state index contributed by atoms with van der Waals surface area (Å²) < 4.78 is 41.0. The number of nitrogens with zero attached hydrogens (tertiary/aromatic N) is 3. The quantitative estimate of drug-likeness (QED) is 0.547. The van der Waals surface area contributed by atoms with Crippen LogP contribution in [0.25, 0.3) is 16.2 Å². The summed E-state index contributed by atoms with van der Waals surface area (Å²) in [6.45, 7) is -0.526. The number of thiazole rings is 1. The minimum Gasteiger partial charge on any atom is -0.325 e. The van der Waals surface area contributed by atoms with E-state index in [2.05, 4.69) is 10.3 Å². The fourth-order valence-corrected chi connectivity index (χ4v) is 3.47. The highest BCUT2D eigenvalue weighted by Gasteiger charge is 2.31. The minimum atomic E-state index is -4.59. The van der Waals surface area contributed by atoms with E-state index in [9.17, 15) is 22.8 Å². The number of hydrogen-bond donors (Lipinski definition) is 1. The molecule has 0 aliphatic heterocycles. The number of imidazole rings is 1. The second kappa shape index (κ2) is 7.21. The van der Waals surface area contributed by atoms with Crippen LogP contribution in [0.2, 0.25) is 0 Å². The molecule has 1 aromatic carbocycles. The Labute approximate surface area is 165 Å². The fraction of sp³-hybridized carbons (Fsp3) is 0.105. The van der Waals surface area contributed by atoms with Crippen molar-refractivity contribution in [2.75, 3.05) is 5.32 Å². The maximum absolute atomic E-state index is 12.8. The third-order valence-corrected chi connectivity index (χ3v) is 4.95. The predicted molar refractivity (Wildman–Crippen MR) is 103 cm³/mol. The van der Waals surface area contributed by atoms with Crippen molar-refractivity contribution in [2.24, 2.45) is 0 Å². The predicted octanol–water partition coefficient (Wildman–Crippen LogP) is 3.88. The standard InChI is InChI=1S/C19H13F3N4O2S/c20-19(21,22)13-3-6-17(28)26(9-13)11-16(27)23-14-4-1-12(2-5-14)15-10-25-7-8-29-18(25)24-15/h1-10H,11H2,(H,23,27). The minimum absolute atomic E-state index is 0.458. The SMILES string of the molecule is O=C(Cn1cc(C(F)(F)F)ccc1=O)Nc1ccc(-c2cn3ccsc3n2)cc1. The zero-order valence-corrected chi connectivity index (χ0v) is 15.5. The molecule has 0 saturated heterocycles. The van der Waals surface area contributed by atoms with Crippen molar-refractivity contribution in [3.8, 4) is 11.3 Å². The van der Waals surface area contributed by atoms with Crippen molar-refractivity contribution in [3.63, 3.8) is 0 Å². The number of benzene rings is 1. The maximum atomic E-state index is 12.8. The average molecular weight is 418 g/mol. The molecule has 0 bridgehead atoms. The third-order valence-electron chi connectivity index (χ3n) is 4.18. The lowest BCUT2D eigenvalue weighted by Crippen LogP contribution is -2.28. The molecule has 0 radical (unpaired) electrons. The van der Waals surface area contributed by atoms with Gasteiger partial charge < -0.3 is 9.88 Å². The van der Waals surface area contributed by atoms with Gasteiger partial charge in [-0.25, -0.2) is 4.98 Å². The smallest absolute Gasteiger partial charge is 0.325 e. The highest BCUT2D eigenvalue weighted by atomic mass is 32.1. The van der Waals surface area contributed by atoms with Crippen molar-refractivity contribution >= 4 is 27.9 Å². The summed E-state index contributed by atoms with van der Waals surface area (Å²) in [7, 11) is 0. The number of alkyl halides is 3. The van der Waals surface area contributed by atoms with Crippen LogP contribution in [0.3, 0.4) is 0 Å². The molecule has 0 unspecified atom stereocenters. The molecule has 3 aromatic heterocycles. The van der Waals surface area contributed by atoms with Gasteiger partial charge in [0.15, 0.2) is 4.96 Å². The molecule has 148 valence electrons. The van der Waals surface area contributed by atoms with Gasteiger partial charge in [-0.3, -0.25) is 14.0 Å². The monoisotopic (exact) mass is 418 g/mol. The molecule has 29 heavy (non-hydrogen) atoms. The van der Waals surface area contributed by atoms with E-state index in [1.165, 1.54) is 11.3 Å². The highest BCUT2D eigenvalue weighted by Crippen LogP contribution is 2.28. The lowest BCUT2D eigenvalue weighted by atomic mass is 10.1. The summed E-state index contributed by atoms with van der Waals surface area (Å²) in [5.74, 6) is -0.610. The number of carbonyl (C=O) groups is 1. The van der Waals surface area contributed by atoms with Crippen molar-refractivity contribution in [3.05, 3.63) is 76.3 Å². The summed E-state index contributed by atoms with van der Waals surface area (Å²) in [6.07, 6.45) is -0.168. The highest BCUT2D eigenvalue weighted by molar-refractivity contribution is 7.15. The number of carbonyl (C=O) groups excluding carboxylic acids is 1. The summed E-state index contributed by atoms with van der Waals surface area (Å²) in [6, 6.07) is 8.36. The second-order valence-corrected chi connectivity index (χ2v) is 7.10. The first-order valence-electron chi connectivity index (χ1n) is 8.40. The molecule has 6 nitrogen and oxygen atoms in total. The molecule has 0 spiro atoms. The first-order chi connectivity index (χ1) is 13.8. The number of aromatic nitrogens is 3. The Kier molecular flexibility index (Phi) is 4.71. The van der Waals surface area contributed by atoms with Gasteiger partial charge in [0.1, 0.15) is 6.54 Å². The number of amides is 1. The Morgan fingerprint density at radius 2 is 1.86 bits per heavy atom. The van der Waals surface area contributed by atoms with Gasteiger partial charge >= 0.3 is 6.18 Å². The second-order valence-electron chi connectivity index (χ2n) is 6.23. The Morgan fingerprint density at radius 1 is 1.10 bits per heavy atom. The molecule has 1 amide bonds. The molecular weight excluding hydrogens is 405 g/mol. The van der Waals surface area contributed by atoms with Gasteiger partial charge in [0.2, 0.25) is 5.91 Å². The van der Waals surface area contributed by atoms with Crippen LogP contribution < -0.4 is 10.9 Å². The van der Waals surface area contributed by atoms with Gasteiger partial charge in [0.25, 0.3) is 5.56 Å². The van der Waals surface area contributed by atoms with Crippen molar-refractivity contribution in [1.29, 1.82) is 0 Å². The summed E-state index contributed by atoms with van der Waals surface area (Å²) >= 11 is 1.52. The molecule has 0 fully saturated rings. The summed E-state index contributed by atoms with van der Waals surface area (Å²) in [4.78, 5) is 29.3. The number of pyridine rings is 1. The third kappa shape index (κ3) is 4.06. The Balaban J connectivity index is 1.46. The molecule has 0 atom stereocenters. The van der Waals surface area contributed by atoms with Crippen LogP contribution in [-0.4, -0.2) is 19.9 Å². The number of rotatable bonds is 4. The van der Waals surface area contributed by atoms with E-state index in [1.54, 1.807) is 24.3 Å². The van der Waals surface area contributed by atoms with E-state index in [-0.39, 0.29) is 0 Å². The lowest BCUT2D eigenvalue weighted by molar-refractivity contribution is -0.138. The first kappa shape index (κ1) is 18.9. The Morgan fingerprint density at radius 3 is 2.55 bits per heavy atom. The zero-order chi connectivity index (χ0) is 20.6. The summed E-state index contributed by atoms with van der Waals surface area (Å²) in [5, 5.41) is 4.50. The Hall–Kier alpha value is -3.40. The average Bonchev–Trinajstić information content (AvgIpc) is 3.25. The lowest BCUT2D eigenvalue weighted by Gasteiger charge is -2.11. The van der Waals surface area contributed by atoms with E-state index in [4.69, 9.17) is 0 Å². The molecule has 4 aromatic rings. The maximum Gasteiger partial charge on any atom is 0.417 e. The summed E-state index contributed by atoms with van der Waals surface area (Å²) in [5.41, 5.74) is 0.413. The van der Waals surface area contributed by atoms with Crippen LogP contribution in [0, 0.1) is 0 Å². The van der Waals surface area contributed by atoms with E-state index < -0.39 is 29.8 Å². The van der Waals surface area contributed by atoms with Crippen LogP contribution >= 0.6 is 11.3 Å². The molecule has 0 saturated carbocycles. The molecule has 4 rings (SSSR count). The van der Waals surface area contributed by atoms with Crippen LogP contribution in [0.5, 0.6) is 0 Å². The fourth-order valence-electron chi connectivity index (χ4n) is 2.77. The normalized spacial score (nSPS) is 11.7. The van der Waals surface area contributed by atoms with Gasteiger partial charge in [0.05, 0.1) is 11.3 Å². The molecule has 3 heterocycles. The van der Waals surface area contributed by atoms with E-state index >= 15 is 0 Å². The van der Waals surface area contributed by atoms with Crippen molar-refractivity contribution in [1.82, 2.24) is 14.0 Å². The van der Waals surface area contributed by atoms with Crippen LogP contribution in [0.4, 0.5) is 18.9 Å². The molecule has 0 aliphatic rings. The molecule has 10 heteroatoms. The number of anilines is 1. The van der Waals surface area contributed by atoms with E-state index in [0.717, 1.165) is 26.9 Å². The number of nitrogens with one attached hydrogen (secondary N) is 1. The number of halogens is 3. The zero-order valence-electron chi connectivity index (χ0n) is 14.7. The van der Waals surface area contributed by atoms with Crippen LogP contribution in [-0.2, 0) is 17.5 Å². The number of fused-ring (bicyclic) bond motifs is 1. The molecule has 1 N–H and O–H groups in total. The van der Waals surface area contributed by atoms with Gasteiger partial charge in [0, 0.05) is 41.3 Å². The van der Waals surface area contributed by atoms with Gasteiger partial charge in [-0.2, -0.15) is 13.2 Å². The number of hydrogen-bond acceptors (Lipinski definition) is 4. The van der Waals surface area contributed by atoms with E-state index in [1.807, 2.05) is 22.2 Å². The van der Waals surface area contributed by atoms with E-state index in [0.29, 0.717) is 18.0 Å². The van der Waals surface area contributed by atoms with Crippen molar-refractivity contribution in [2.45, 2.75) is 12.7 Å². The van der Waals surface area contributed by atoms with Gasteiger partial charge in [-0.15, -0.1) is 11.3 Å². The van der Waals surface area contributed by atoms with Crippen LogP contribution in [0.15, 0.2) is 65.2 Å². The van der Waals surface area contributed by atoms with Crippen LogP contribution in [0.1, 0.15) is 5.56 Å². The largest absolute Gasteiger partial charge is 0.417 e. The van der Waals surface area contributed by atoms with Crippen molar-refractivity contribution < 1.29 is 18.0 Å². The molecule has 0 aliphatic carbocycles. The Bertz CT molecular complexity index is 1210. The van der Waals surface area contributed by atoms with Gasteiger partial charge in [-0.1, -0.05) is 12.1 Å². The topological polar surface area (TPSA) is 68.4 Å². The first-order valence-corrected chi connectivity index (χ1v) is 9.28. The molecular formula is C19H13F3N4O2S. The van der Waals surface area contributed by atoms with Gasteiger partial charge in [-0.05, 0) is 18.2 Å².